The molecule has 1 aromatic heterocycles. The summed E-state index contributed by atoms with van der Waals surface area (Å²) in [5.41, 5.74) is 1.73. The van der Waals surface area contributed by atoms with Gasteiger partial charge in [-0.25, -0.2) is 9.97 Å². The van der Waals surface area contributed by atoms with Crippen LogP contribution in [0.4, 0.5) is 11.5 Å². The van der Waals surface area contributed by atoms with Crippen molar-refractivity contribution in [1.29, 1.82) is 5.26 Å². The number of hydrogen-bond acceptors (Lipinski definition) is 6. The molecule has 7 nitrogen and oxygen atoms in total. The minimum atomic E-state index is -0.177. The molecule has 0 bridgehead atoms. The third-order valence-electron chi connectivity index (χ3n) is 2.84. The van der Waals surface area contributed by atoms with Crippen molar-refractivity contribution >= 4 is 17.4 Å². The summed E-state index contributed by atoms with van der Waals surface area (Å²) in [7, 11) is 1.54. The first-order valence-electron chi connectivity index (χ1n) is 6.53. The van der Waals surface area contributed by atoms with Crippen LogP contribution in [-0.4, -0.2) is 23.0 Å². The Morgan fingerprint density at radius 2 is 2.14 bits per heavy atom. The molecule has 0 unspecified atom stereocenters. The summed E-state index contributed by atoms with van der Waals surface area (Å²) in [4.78, 5) is 19.2. The van der Waals surface area contributed by atoms with E-state index in [2.05, 4.69) is 20.6 Å². The topological polar surface area (TPSA) is 99.9 Å². The molecule has 0 aliphatic carbocycles. The number of amides is 1. The third kappa shape index (κ3) is 3.70. The first-order chi connectivity index (χ1) is 10.6. The van der Waals surface area contributed by atoms with Crippen LogP contribution in [0.25, 0.3) is 0 Å². The molecule has 0 aliphatic rings. The Morgan fingerprint density at radius 3 is 2.82 bits per heavy atom. The molecule has 0 aliphatic heterocycles. The van der Waals surface area contributed by atoms with Crippen molar-refractivity contribution in [2.45, 2.75) is 13.5 Å². The lowest BCUT2D eigenvalue weighted by Crippen LogP contribution is -2.09. The standard InChI is InChI=1S/C15H15N5O2/c1-10(21)20-12-7-11(3-4-14(12)22-2)9-19-15-13(8-16)17-5-6-18-15/h3-7H,9H2,1-2H3,(H,18,19)(H,20,21). The molecular weight excluding hydrogens is 282 g/mol. The van der Waals surface area contributed by atoms with E-state index in [0.717, 1.165) is 5.56 Å². The fourth-order valence-electron chi connectivity index (χ4n) is 1.89. The zero-order chi connectivity index (χ0) is 15.9. The second-order valence-corrected chi connectivity index (χ2v) is 4.43. The number of ether oxygens (including phenoxy) is 1. The van der Waals surface area contributed by atoms with Gasteiger partial charge in [-0.05, 0) is 17.7 Å². The Labute approximate surface area is 128 Å². The van der Waals surface area contributed by atoms with Gasteiger partial charge in [-0.15, -0.1) is 0 Å². The van der Waals surface area contributed by atoms with Crippen LogP contribution in [0.15, 0.2) is 30.6 Å². The average molecular weight is 297 g/mol. The van der Waals surface area contributed by atoms with Gasteiger partial charge in [-0.2, -0.15) is 5.26 Å². The van der Waals surface area contributed by atoms with E-state index in [4.69, 9.17) is 10.00 Å². The zero-order valence-corrected chi connectivity index (χ0v) is 12.3. The first kappa shape index (κ1) is 15.3. The predicted molar refractivity (Wildman–Crippen MR) is 81.4 cm³/mol. The molecule has 7 heteroatoms. The maximum atomic E-state index is 11.2. The zero-order valence-electron chi connectivity index (χ0n) is 12.3. The van der Waals surface area contributed by atoms with Gasteiger partial charge in [0.15, 0.2) is 11.5 Å². The Bertz CT molecular complexity index is 724. The molecule has 22 heavy (non-hydrogen) atoms. The summed E-state index contributed by atoms with van der Waals surface area (Å²) in [5, 5.41) is 14.7. The van der Waals surface area contributed by atoms with Gasteiger partial charge in [-0.1, -0.05) is 6.07 Å². The summed E-state index contributed by atoms with van der Waals surface area (Å²) >= 11 is 0. The molecule has 0 atom stereocenters. The number of nitriles is 1. The van der Waals surface area contributed by atoms with Crippen molar-refractivity contribution in [3.63, 3.8) is 0 Å². The van der Waals surface area contributed by atoms with Crippen LogP contribution in [0, 0.1) is 11.3 Å². The van der Waals surface area contributed by atoms with Crippen LogP contribution in [0.1, 0.15) is 18.2 Å². The highest BCUT2D eigenvalue weighted by Crippen LogP contribution is 2.25. The molecule has 2 rings (SSSR count). The number of carbonyl (C=O) groups excluding carboxylic acids is 1. The monoisotopic (exact) mass is 297 g/mol. The minimum absolute atomic E-state index is 0.177. The molecule has 0 radical (unpaired) electrons. The molecule has 112 valence electrons. The highest BCUT2D eigenvalue weighted by molar-refractivity contribution is 5.90. The molecule has 0 fully saturated rings. The SMILES string of the molecule is COc1ccc(CNc2nccnc2C#N)cc1NC(C)=O. The van der Waals surface area contributed by atoms with Gasteiger partial charge in [0.1, 0.15) is 11.8 Å². The lowest BCUT2D eigenvalue weighted by Gasteiger charge is -2.12. The van der Waals surface area contributed by atoms with E-state index in [1.54, 1.807) is 12.1 Å². The van der Waals surface area contributed by atoms with Gasteiger partial charge in [0.2, 0.25) is 5.91 Å². The number of anilines is 2. The van der Waals surface area contributed by atoms with E-state index in [9.17, 15) is 4.79 Å². The molecule has 0 saturated heterocycles. The predicted octanol–water partition coefficient (Wildman–Crippen LogP) is 1.93. The lowest BCUT2D eigenvalue weighted by molar-refractivity contribution is -0.114. The summed E-state index contributed by atoms with van der Waals surface area (Å²) in [5.74, 6) is 0.821. The van der Waals surface area contributed by atoms with Crippen molar-refractivity contribution in [3.05, 3.63) is 41.9 Å². The van der Waals surface area contributed by atoms with Crippen LogP contribution in [0.2, 0.25) is 0 Å². The van der Waals surface area contributed by atoms with Crippen molar-refractivity contribution in [2.75, 3.05) is 17.7 Å². The van der Waals surface area contributed by atoms with E-state index >= 15 is 0 Å². The van der Waals surface area contributed by atoms with E-state index in [-0.39, 0.29) is 11.6 Å². The van der Waals surface area contributed by atoms with Gasteiger partial charge < -0.3 is 15.4 Å². The number of nitrogens with one attached hydrogen (secondary N) is 2. The summed E-state index contributed by atoms with van der Waals surface area (Å²) in [6.45, 7) is 1.87. The number of hydrogen-bond donors (Lipinski definition) is 2. The first-order valence-corrected chi connectivity index (χ1v) is 6.53. The van der Waals surface area contributed by atoms with E-state index < -0.39 is 0 Å². The summed E-state index contributed by atoms with van der Waals surface area (Å²) in [6, 6.07) is 7.40. The van der Waals surface area contributed by atoms with Crippen LogP contribution in [0.3, 0.4) is 0 Å². The second kappa shape index (κ2) is 7.04. The Morgan fingerprint density at radius 1 is 1.36 bits per heavy atom. The highest BCUT2D eigenvalue weighted by Gasteiger charge is 2.07. The van der Waals surface area contributed by atoms with E-state index in [0.29, 0.717) is 23.8 Å². The van der Waals surface area contributed by atoms with Crippen LogP contribution < -0.4 is 15.4 Å². The Hall–Kier alpha value is -3.14. The average Bonchev–Trinajstić information content (AvgIpc) is 2.52. The highest BCUT2D eigenvalue weighted by atomic mass is 16.5. The van der Waals surface area contributed by atoms with Gasteiger partial charge in [0.25, 0.3) is 0 Å². The maximum absolute atomic E-state index is 11.2. The summed E-state index contributed by atoms with van der Waals surface area (Å²) in [6.07, 6.45) is 2.98. The fraction of sp³-hybridized carbons (Fsp3) is 0.200. The largest absolute Gasteiger partial charge is 0.495 e. The van der Waals surface area contributed by atoms with Gasteiger partial charge >= 0.3 is 0 Å². The van der Waals surface area contributed by atoms with Crippen molar-refractivity contribution < 1.29 is 9.53 Å². The minimum Gasteiger partial charge on any atom is -0.495 e. The van der Waals surface area contributed by atoms with Gasteiger partial charge in [-0.3, -0.25) is 4.79 Å². The molecular formula is C15H15N5O2. The fourth-order valence-corrected chi connectivity index (χ4v) is 1.89. The molecule has 2 aromatic rings. The van der Waals surface area contributed by atoms with E-state index in [1.165, 1.54) is 26.4 Å². The number of benzene rings is 1. The quantitative estimate of drug-likeness (QED) is 0.874. The lowest BCUT2D eigenvalue weighted by atomic mass is 10.1. The third-order valence-corrected chi connectivity index (χ3v) is 2.84. The van der Waals surface area contributed by atoms with E-state index in [1.807, 2.05) is 12.1 Å². The normalized spacial score (nSPS) is 9.68. The smallest absolute Gasteiger partial charge is 0.221 e. The Balaban J connectivity index is 2.16. The maximum Gasteiger partial charge on any atom is 0.221 e. The van der Waals surface area contributed by atoms with Gasteiger partial charge in [0.05, 0.1) is 12.8 Å². The Kier molecular flexibility index (Phi) is 4.88. The molecule has 1 heterocycles. The van der Waals surface area contributed by atoms with Crippen molar-refractivity contribution in [1.82, 2.24) is 9.97 Å². The number of carbonyl (C=O) groups is 1. The van der Waals surface area contributed by atoms with Crippen LogP contribution >= 0.6 is 0 Å². The molecule has 2 N–H and O–H groups in total. The van der Waals surface area contributed by atoms with Gasteiger partial charge in [0, 0.05) is 25.9 Å². The molecule has 1 amide bonds. The molecule has 0 saturated carbocycles. The number of nitrogens with zero attached hydrogens (tertiary/aromatic N) is 3. The molecule has 1 aromatic carbocycles. The van der Waals surface area contributed by atoms with Crippen molar-refractivity contribution in [3.8, 4) is 11.8 Å². The van der Waals surface area contributed by atoms with Crippen LogP contribution in [-0.2, 0) is 11.3 Å². The number of rotatable bonds is 5. The van der Waals surface area contributed by atoms with Crippen molar-refractivity contribution in [2.24, 2.45) is 0 Å². The van der Waals surface area contributed by atoms with Crippen LogP contribution in [0.5, 0.6) is 5.75 Å². The summed E-state index contributed by atoms with van der Waals surface area (Å²) < 4.78 is 5.20. The number of methoxy groups -OCH3 is 1. The number of aromatic nitrogens is 2. The second-order valence-electron chi connectivity index (χ2n) is 4.43. The molecule has 0 spiro atoms.